The maximum atomic E-state index is 9.53. The van der Waals surface area contributed by atoms with Gasteiger partial charge in [0.2, 0.25) is 0 Å². The van der Waals surface area contributed by atoms with E-state index in [1.54, 1.807) is 5.01 Å². The van der Waals surface area contributed by atoms with Gasteiger partial charge in [-0.05, 0) is 48.6 Å². The zero-order valence-electron chi connectivity index (χ0n) is 14.5. The van der Waals surface area contributed by atoms with Gasteiger partial charge in [-0.2, -0.15) is 0 Å². The summed E-state index contributed by atoms with van der Waals surface area (Å²) in [4.78, 5) is 0. The summed E-state index contributed by atoms with van der Waals surface area (Å²) in [5.74, 6) is 6.07. The molecule has 24 heavy (non-hydrogen) atoms. The van der Waals surface area contributed by atoms with Crippen molar-refractivity contribution in [2.75, 3.05) is 17.3 Å². The number of aryl methyl sites for hydroxylation is 1. The fourth-order valence-electron chi connectivity index (χ4n) is 3.00. The number of hydrogen-bond acceptors (Lipinski definition) is 4. The van der Waals surface area contributed by atoms with Crippen molar-refractivity contribution in [1.29, 1.82) is 0 Å². The SMILES string of the molecule is CCC(c1ccc(C)c(CO)c1)c1ccc(N(N)CC)c(N)c1Cl. The van der Waals surface area contributed by atoms with Gasteiger partial charge in [0.1, 0.15) is 0 Å². The molecule has 130 valence electrons. The van der Waals surface area contributed by atoms with E-state index in [2.05, 4.69) is 13.0 Å². The molecule has 5 N–H and O–H groups in total. The first-order valence-electron chi connectivity index (χ1n) is 8.24. The zero-order chi connectivity index (χ0) is 17.9. The van der Waals surface area contributed by atoms with E-state index in [0.717, 1.165) is 34.4 Å². The third-order valence-electron chi connectivity index (χ3n) is 4.57. The van der Waals surface area contributed by atoms with Gasteiger partial charge >= 0.3 is 0 Å². The van der Waals surface area contributed by atoms with Crippen LogP contribution in [0.4, 0.5) is 11.4 Å². The number of hydrazine groups is 1. The van der Waals surface area contributed by atoms with E-state index in [9.17, 15) is 5.11 Å². The predicted octanol–water partition coefficient (Wildman–Crippen LogP) is 3.96. The first-order valence-corrected chi connectivity index (χ1v) is 8.62. The third kappa shape index (κ3) is 3.51. The summed E-state index contributed by atoms with van der Waals surface area (Å²) in [6.45, 7) is 6.75. The molecule has 0 radical (unpaired) electrons. The molecule has 0 saturated heterocycles. The molecule has 0 aliphatic rings. The molecule has 1 atom stereocenters. The average molecular weight is 348 g/mol. The first-order chi connectivity index (χ1) is 11.4. The highest BCUT2D eigenvalue weighted by molar-refractivity contribution is 6.34. The number of hydrogen-bond donors (Lipinski definition) is 3. The Morgan fingerprint density at radius 1 is 1.21 bits per heavy atom. The Morgan fingerprint density at radius 2 is 1.92 bits per heavy atom. The van der Waals surface area contributed by atoms with Gasteiger partial charge in [0.25, 0.3) is 0 Å². The Morgan fingerprint density at radius 3 is 2.50 bits per heavy atom. The van der Waals surface area contributed by atoms with Gasteiger partial charge in [-0.3, -0.25) is 0 Å². The molecule has 1 unspecified atom stereocenters. The molecule has 5 heteroatoms. The van der Waals surface area contributed by atoms with Crippen LogP contribution in [0.1, 0.15) is 48.4 Å². The molecule has 0 aliphatic carbocycles. The summed E-state index contributed by atoms with van der Waals surface area (Å²) >= 11 is 6.57. The summed E-state index contributed by atoms with van der Waals surface area (Å²) in [5.41, 5.74) is 11.6. The van der Waals surface area contributed by atoms with E-state index < -0.39 is 0 Å². The van der Waals surface area contributed by atoms with Crippen molar-refractivity contribution in [1.82, 2.24) is 0 Å². The molecule has 4 nitrogen and oxygen atoms in total. The van der Waals surface area contributed by atoms with Crippen molar-refractivity contribution >= 4 is 23.0 Å². The van der Waals surface area contributed by atoms with Crippen LogP contribution in [0.25, 0.3) is 0 Å². The molecule has 0 aliphatic heterocycles. The molecule has 2 aromatic rings. The molecule has 0 bridgehead atoms. The normalized spacial score (nSPS) is 12.2. The van der Waals surface area contributed by atoms with Gasteiger partial charge in [0.05, 0.1) is 23.0 Å². The Hall–Kier alpha value is -1.75. The van der Waals surface area contributed by atoms with Crippen LogP contribution in [-0.4, -0.2) is 11.7 Å². The number of anilines is 2. The summed E-state index contributed by atoms with van der Waals surface area (Å²) in [5, 5.41) is 11.7. The Kier molecular flexibility index (Phi) is 6.10. The predicted molar refractivity (Wildman–Crippen MR) is 102 cm³/mol. The minimum atomic E-state index is 0.0313. The smallest absolute Gasteiger partial charge is 0.0762 e. The Bertz CT molecular complexity index is 718. The lowest BCUT2D eigenvalue weighted by molar-refractivity contribution is 0.281. The summed E-state index contributed by atoms with van der Waals surface area (Å²) < 4.78 is 0. The molecule has 0 amide bonds. The van der Waals surface area contributed by atoms with Crippen molar-refractivity contribution in [2.45, 2.75) is 39.7 Å². The van der Waals surface area contributed by atoms with Crippen molar-refractivity contribution < 1.29 is 5.11 Å². The standard InChI is InChI=1S/C19H26ClN3O/c1-4-15(13-7-6-12(3)14(10-13)11-24)16-8-9-17(23(22)5-2)19(21)18(16)20/h6-10,15,24H,4-5,11,21-22H2,1-3H3. The largest absolute Gasteiger partial charge is 0.396 e. The number of halogens is 1. The quantitative estimate of drug-likeness (QED) is 0.420. The monoisotopic (exact) mass is 347 g/mol. The molecule has 0 heterocycles. The highest BCUT2D eigenvalue weighted by atomic mass is 35.5. The topological polar surface area (TPSA) is 75.5 Å². The molecule has 2 aromatic carbocycles. The van der Waals surface area contributed by atoms with Crippen LogP contribution < -0.4 is 16.6 Å². The average Bonchev–Trinajstić information content (AvgIpc) is 2.59. The van der Waals surface area contributed by atoms with Gasteiger partial charge in [0, 0.05) is 12.5 Å². The van der Waals surface area contributed by atoms with E-state index in [1.165, 1.54) is 0 Å². The van der Waals surface area contributed by atoms with E-state index in [-0.39, 0.29) is 12.5 Å². The van der Waals surface area contributed by atoms with Crippen molar-refractivity contribution in [3.63, 3.8) is 0 Å². The summed E-state index contributed by atoms with van der Waals surface area (Å²) in [7, 11) is 0. The number of nitrogens with two attached hydrogens (primary N) is 2. The number of rotatable bonds is 6. The van der Waals surface area contributed by atoms with Crippen molar-refractivity contribution in [3.05, 3.63) is 57.6 Å². The van der Waals surface area contributed by atoms with E-state index >= 15 is 0 Å². The van der Waals surface area contributed by atoms with Crippen LogP contribution in [0.15, 0.2) is 30.3 Å². The van der Waals surface area contributed by atoms with Gasteiger partial charge in [-0.1, -0.05) is 42.8 Å². The number of benzene rings is 2. The van der Waals surface area contributed by atoms with Crippen LogP contribution in [0.2, 0.25) is 5.02 Å². The van der Waals surface area contributed by atoms with Crippen molar-refractivity contribution in [3.8, 4) is 0 Å². The first kappa shape index (κ1) is 18.6. The van der Waals surface area contributed by atoms with Gasteiger partial charge < -0.3 is 15.8 Å². The van der Waals surface area contributed by atoms with Crippen LogP contribution >= 0.6 is 11.6 Å². The lowest BCUT2D eigenvalue weighted by atomic mass is 9.87. The zero-order valence-corrected chi connectivity index (χ0v) is 15.3. The van der Waals surface area contributed by atoms with Crippen LogP contribution in [0, 0.1) is 6.92 Å². The van der Waals surface area contributed by atoms with Crippen LogP contribution in [0.5, 0.6) is 0 Å². The molecule has 0 aromatic heterocycles. The van der Waals surface area contributed by atoms with Crippen molar-refractivity contribution in [2.24, 2.45) is 5.84 Å². The highest BCUT2D eigenvalue weighted by Crippen LogP contribution is 2.40. The van der Waals surface area contributed by atoms with Crippen LogP contribution in [0.3, 0.4) is 0 Å². The number of nitrogen functional groups attached to an aromatic ring is 1. The Balaban J connectivity index is 2.50. The second-order valence-electron chi connectivity index (χ2n) is 5.99. The van der Waals surface area contributed by atoms with E-state index in [4.69, 9.17) is 23.2 Å². The van der Waals surface area contributed by atoms with Gasteiger partial charge in [0.15, 0.2) is 0 Å². The number of aliphatic hydroxyl groups is 1. The minimum Gasteiger partial charge on any atom is -0.396 e. The van der Waals surface area contributed by atoms with E-state index in [1.807, 2.05) is 38.1 Å². The third-order valence-corrected chi connectivity index (χ3v) is 4.99. The fourth-order valence-corrected chi connectivity index (χ4v) is 3.29. The maximum Gasteiger partial charge on any atom is 0.0762 e. The summed E-state index contributed by atoms with van der Waals surface area (Å²) in [6.07, 6.45) is 0.882. The van der Waals surface area contributed by atoms with Gasteiger partial charge in [-0.25, -0.2) is 5.84 Å². The number of aliphatic hydroxyl groups excluding tert-OH is 1. The second kappa shape index (κ2) is 7.88. The minimum absolute atomic E-state index is 0.0313. The molecule has 0 saturated carbocycles. The number of nitrogens with zero attached hydrogens (tertiary/aromatic N) is 1. The molecule has 0 spiro atoms. The molecule has 0 fully saturated rings. The van der Waals surface area contributed by atoms with E-state index in [0.29, 0.717) is 17.3 Å². The van der Waals surface area contributed by atoms with Crippen LogP contribution in [-0.2, 0) is 6.61 Å². The second-order valence-corrected chi connectivity index (χ2v) is 6.37. The summed E-state index contributed by atoms with van der Waals surface area (Å²) in [6, 6.07) is 10.1. The maximum absolute atomic E-state index is 9.53. The molecular formula is C19H26ClN3O. The lowest BCUT2D eigenvalue weighted by Crippen LogP contribution is -2.31. The molecule has 2 rings (SSSR count). The lowest BCUT2D eigenvalue weighted by Gasteiger charge is -2.24. The fraction of sp³-hybridized carbons (Fsp3) is 0.368. The Labute approximate surface area is 149 Å². The van der Waals surface area contributed by atoms with Gasteiger partial charge in [-0.15, -0.1) is 0 Å². The molecular weight excluding hydrogens is 322 g/mol. The highest BCUT2D eigenvalue weighted by Gasteiger charge is 2.20.